The van der Waals surface area contributed by atoms with Gasteiger partial charge in [-0.2, -0.15) is 0 Å². The van der Waals surface area contributed by atoms with E-state index in [-0.39, 0.29) is 30.1 Å². The van der Waals surface area contributed by atoms with Crippen LogP contribution in [0.5, 0.6) is 0 Å². The summed E-state index contributed by atoms with van der Waals surface area (Å²) < 4.78 is 23.1. The average molecular weight is 306 g/mol. The molecule has 0 radical (unpaired) electrons. The summed E-state index contributed by atoms with van der Waals surface area (Å²) in [5.74, 6) is 0.257. The van der Waals surface area contributed by atoms with E-state index in [4.69, 9.17) is 5.11 Å². The Balaban J connectivity index is 2.58. The highest BCUT2D eigenvalue weighted by atomic mass is 32.2. The maximum absolute atomic E-state index is 12.3. The molecule has 1 fully saturated rings. The summed E-state index contributed by atoms with van der Waals surface area (Å²) in [6, 6.07) is -0.172. The van der Waals surface area contributed by atoms with E-state index in [1.54, 1.807) is 4.90 Å². The van der Waals surface area contributed by atoms with Crippen molar-refractivity contribution < 1.29 is 18.3 Å². The summed E-state index contributed by atoms with van der Waals surface area (Å²) in [6.45, 7) is 6.22. The van der Waals surface area contributed by atoms with Gasteiger partial charge in [0.15, 0.2) is 9.84 Å². The van der Waals surface area contributed by atoms with Gasteiger partial charge in [-0.1, -0.05) is 6.92 Å². The number of aliphatic hydroxyl groups is 1. The molecule has 1 aliphatic rings. The highest BCUT2D eigenvalue weighted by molar-refractivity contribution is 7.91. The number of rotatable bonds is 8. The highest BCUT2D eigenvalue weighted by Crippen LogP contribution is 2.18. The second-order valence-corrected chi connectivity index (χ2v) is 7.41. The number of amides is 1. The number of carbonyl (C=O) groups is 1. The minimum absolute atomic E-state index is 0.0191. The van der Waals surface area contributed by atoms with Gasteiger partial charge in [-0.15, -0.1) is 0 Å². The Labute approximate surface area is 121 Å². The lowest BCUT2D eigenvalue weighted by Gasteiger charge is -2.29. The molecule has 1 atom stereocenters. The van der Waals surface area contributed by atoms with E-state index >= 15 is 0 Å². The predicted molar refractivity (Wildman–Crippen MR) is 78.3 cm³/mol. The van der Waals surface area contributed by atoms with Gasteiger partial charge < -0.3 is 10.0 Å². The molecule has 0 bridgehead atoms. The van der Waals surface area contributed by atoms with Crippen LogP contribution in [-0.2, 0) is 14.6 Å². The normalized spacial score (nSPS) is 21.3. The van der Waals surface area contributed by atoms with E-state index < -0.39 is 9.84 Å². The summed E-state index contributed by atoms with van der Waals surface area (Å²) in [4.78, 5) is 16.0. The number of nitrogens with zero attached hydrogens (tertiary/aromatic N) is 2. The first-order chi connectivity index (χ1) is 9.43. The number of likely N-dealkylation sites (N-methyl/N-ethyl adjacent to an activating group) is 2. The van der Waals surface area contributed by atoms with E-state index in [0.29, 0.717) is 32.5 Å². The van der Waals surface area contributed by atoms with Crippen LogP contribution in [0.15, 0.2) is 0 Å². The molecule has 0 saturated carbocycles. The molecule has 0 aromatic heterocycles. The summed E-state index contributed by atoms with van der Waals surface area (Å²) >= 11 is 0. The number of aliphatic hydroxyl groups excluding tert-OH is 1. The van der Waals surface area contributed by atoms with Crippen LogP contribution in [0.4, 0.5) is 0 Å². The highest BCUT2D eigenvalue weighted by Gasteiger charge is 2.34. The van der Waals surface area contributed by atoms with E-state index in [9.17, 15) is 13.2 Å². The topological polar surface area (TPSA) is 77.9 Å². The minimum Gasteiger partial charge on any atom is -0.396 e. The molecule has 1 aliphatic heterocycles. The minimum atomic E-state index is -2.97. The third-order valence-corrected chi connectivity index (χ3v) is 5.50. The van der Waals surface area contributed by atoms with Crippen molar-refractivity contribution in [3.05, 3.63) is 0 Å². The van der Waals surface area contributed by atoms with Gasteiger partial charge in [0.05, 0.1) is 18.1 Å². The summed E-state index contributed by atoms with van der Waals surface area (Å²) in [6.07, 6.45) is 1.19. The first kappa shape index (κ1) is 17.4. The summed E-state index contributed by atoms with van der Waals surface area (Å²) in [5, 5.41) is 8.84. The molecule has 0 spiro atoms. The number of hydrogen-bond donors (Lipinski definition) is 1. The molecule has 118 valence electrons. The maximum Gasteiger partial charge on any atom is 0.237 e. The molecular formula is C13H26N2O4S. The quantitative estimate of drug-likeness (QED) is 0.668. The van der Waals surface area contributed by atoms with Crippen LogP contribution in [0.1, 0.15) is 26.7 Å². The Kier molecular flexibility index (Phi) is 6.91. The maximum atomic E-state index is 12.3. The smallest absolute Gasteiger partial charge is 0.237 e. The second-order valence-electron chi connectivity index (χ2n) is 5.18. The van der Waals surface area contributed by atoms with Crippen LogP contribution in [0, 0.1) is 0 Å². The van der Waals surface area contributed by atoms with E-state index in [1.807, 2.05) is 18.7 Å². The fraction of sp³-hybridized carbons (Fsp3) is 0.923. The van der Waals surface area contributed by atoms with Gasteiger partial charge in [0, 0.05) is 25.7 Å². The Hall–Kier alpha value is -0.660. The van der Waals surface area contributed by atoms with Crippen LogP contribution >= 0.6 is 0 Å². The molecule has 20 heavy (non-hydrogen) atoms. The lowest BCUT2D eigenvalue weighted by atomic mass is 10.2. The zero-order valence-electron chi connectivity index (χ0n) is 12.4. The van der Waals surface area contributed by atoms with Crippen molar-refractivity contribution in [2.24, 2.45) is 0 Å². The monoisotopic (exact) mass is 306 g/mol. The Morgan fingerprint density at radius 2 is 2.00 bits per heavy atom. The van der Waals surface area contributed by atoms with Gasteiger partial charge in [0.2, 0.25) is 5.91 Å². The first-order valence-electron chi connectivity index (χ1n) is 7.26. The molecule has 0 aliphatic carbocycles. The molecule has 1 amide bonds. The van der Waals surface area contributed by atoms with Crippen molar-refractivity contribution in [2.45, 2.75) is 32.7 Å². The van der Waals surface area contributed by atoms with Gasteiger partial charge in [-0.25, -0.2) is 8.42 Å². The molecular weight excluding hydrogens is 280 g/mol. The van der Waals surface area contributed by atoms with Gasteiger partial charge in [-0.05, 0) is 26.3 Å². The Morgan fingerprint density at radius 1 is 1.30 bits per heavy atom. The fourth-order valence-electron chi connectivity index (χ4n) is 2.58. The zero-order valence-corrected chi connectivity index (χ0v) is 13.2. The van der Waals surface area contributed by atoms with Crippen molar-refractivity contribution in [1.82, 2.24) is 9.80 Å². The van der Waals surface area contributed by atoms with Crippen LogP contribution in [0.25, 0.3) is 0 Å². The van der Waals surface area contributed by atoms with E-state index in [1.165, 1.54) is 0 Å². The molecule has 0 aromatic carbocycles. The fourth-order valence-corrected chi connectivity index (χ4v) is 4.32. The van der Waals surface area contributed by atoms with Crippen LogP contribution in [0.3, 0.4) is 0 Å². The van der Waals surface area contributed by atoms with Crippen LogP contribution in [-0.4, -0.2) is 79.6 Å². The lowest BCUT2D eigenvalue weighted by Crippen LogP contribution is -2.46. The summed E-state index contributed by atoms with van der Waals surface area (Å²) in [5.41, 5.74) is 0. The van der Waals surface area contributed by atoms with Crippen molar-refractivity contribution in [1.29, 1.82) is 0 Å². The molecule has 0 aromatic rings. The third kappa shape index (κ3) is 5.03. The molecule has 1 heterocycles. The van der Waals surface area contributed by atoms with E-state index in [0.717, 1.165) is 6.54 Å². The van der Waals surface area contributed by atoms with Crippen LogP contribution < -0.4 is 0 Å². The van der Waals surface area contributed by atoms with Crippen molar-refractivity contribution >= 4 is 15.7 Å². The first-order valence-corrected chi connectivity index (χ1v) is 9.08. The molecule has 1 unspecified atom stereocenters. The van der Waals surface area contributed by atoms with Crippen molar-refractivity contribution in [3.8, 4) is 0 Å². The number of hydrogen-bond acceptors (Lipinski definition) is 5. The van der Waals surface area contributed by atoms with Gasteiger partial charge in [0.25, 0.3) is 0 Å². The third-order valence-electron chi connectivity index (χ3n) is 3.75. The molecule has 1 saturated heterocycles. The van der Waals surface area contributed by atoms with Gasteiger partial charge in [-0.3, -0.25) is 9.69 Å². The Bertz CT molecular complexity index is 411. The zero-order chi connectivity index (χ0) is 15.2. The molecule has 1 rings (SSSR count). The standard InChI is InChI=1S/C13H26N2O4S/c1-3-14(7-5-8-16)10-13(17)15(4-2)12-6-9-20(18,19)11-12/h12,16H,3-11H2,1-2H3. The molecule has 7 heteroatoms. The number of sulfone groups is 1. The lowest BCUT2D eigenvalue weighted by molar-refractivity contribution is -0.134. The largest absolute Gasteiger partial charge is 0.396 e. The van der Waals surface area contributed by atoms with E-state index in [2.05, 4.69) is 0 Å². The SMILES string of the molecule is CCN(CCCO)CC(=O)N(CC)C1CCS(=O)(=O)C1. The number of carbonyl (C=O) groups excluding carboxylic acids is 1. The predicted octanol–water partition coefficient (Wildman–Crippen LogP) is -0.274. The summed E-state index contributed by atoms with van der Waals surface area (Å²) in [7, 11) is -2.97. The van der Waals surface area contributed by atoms with Crippen LogP contribution in [0.2, 0.25) is 0 Å². The second kappa shape index (κ2) is 7.95. The van der Waals surface area contributed by atoms with Crippen molar-refractivity contribution in [2.75, 3.05) is 44.3 Å². The molecule has 1 N–H and O–H groups in total. The Morgan fingerprint density at radius 3 is 2.45 bits per heavy atom. The van der Waals surface area contributed by atoms with Gasteiger partial charge >= 0.3 is 0 Å². The van der Waals surface area contributed by atoms with Gasteiger partial charge in [0.1, 0.15) is 0 Å². The molecule has 6 nitrogen and oxygen atoms in total. The van der Waals surface area contributed by atoms with Crippen molar-refractivity contribution in [3.63, 3.8) is 0 Å². The average Bonchev–Trinajstić information content (AvgIpc) is 2.75.